The maximum Gasteiger partial charge on any atom is 0.270 e. The van der Waals surface area contributed by atoms with Gasteiger partial charge in [0.1, 0.15) is 16.3 Å². The van der Waals surface area contributed by atoms with E-state index in [-0.39, 0.29) is 11.7 Å². The van der Waals surface area contributed by atoms with Crippen molar-refractivity contribution in [3.63, 3.8) is 0 Å². The summed E-state index contributed by atoms with van der Waals surface area (Å²) in [6, 6.07) is 10.4. The first-order valence-electron chi connectivity index (χ1n) is 7.90. The Labute approximate surface area is 143 Å². The van der Waals surface area contributed by atoms with Crippen LogP contribution in [0.15, 0.2) is 41.8 Å². The summed E-state index contributed by atoms with van der Waals surface area (Å²) in [5.41, 5.74) is 1.65. The molecule has 2 aromatic heterocycles. The molecule has 0 N–H and O–H groups in total. The number of hydrogen-bond acceptors (Lipinski definition) is 3. The summed E-state index contributed by atoms with van der Waals surface area (Å²) < 4.78 is 20.5. The number of carbonyl (C=O) groups excluding carboxylic acids is 1. The Morgan fingerprint density at radius 1 is 1.17 bits per heavy atom. The van der Waals surface area contributed by atoms with Gasteiger partial charge in [-0.15, -0.1) is 11.3 Å². The molecule has 124 valence electrons. The number of thiophene rings is 1. The molecule has 0 bridgehead atoms. The maximum atomic E-state index is 13.1. The van der Waals surface area contributed by atoms with Crippen LogP contribution < -0.4 is 0 Å². The van der Waals surface area contributed by atoms with Gasteiger partial charge in [-0.25, -0.2) is 4.39 Å². The van der Waals surface area contributed by atoms with Gasteiger partial charge >= 0.3 is 0 Å². The van der Waals surface area contributed by atoms with Crippen molar-refractivity contribution in [1.29, 1.82) is 0 Å². The summed E-state index contributed by atoms with van der Waals surface area (Å²) in [4.78, 5) is 15.8. The summed E-state index contributed by atoms with van der Waals surface area (Å²) in [5.74, 6) is -0.221. The first-order chi connectivity index (χ1) is 11.7. The monoisotopic (exact) mass is 344 g/mol. The molecule has 1 aliphatic rings. The van der Waals surface area contributed by atoms with Crippen molar-refractivity contribution >= 4 is 27.5 Å². The maximum absolute atomic E-state index is 13.1. The molecule has 0 unspecified atom stereocenters. The van der Waals surface area contributed by atoms with E-state index < -0.39 is 0 Å². The van der Waals surface area contributed by atoms with Gasteiger partial charge in [-0.2, -0.15) is 0 Å². The fraction of sp³-hybridized carbons (Fsp3) is 0.278. The fourth-order valence-electron chi connectivity index (χ4n) is 3.01. The Balaban J connectivity index is 1.71. The lowest BCUT2D eigenvalue weighted by molar-refractivity contribution is 0.0296. The second kappa shape index (κ2) is 6.37. The van der Waals surface area contributed by atoms with Crippen LogP contribution in [0.3, 0.4) is 0 Å². The Hall–Kier alpha value is -2.18. The Kier molecular flexibility index (Phi) is 4.08. The van der Waals surface area contributed by atoms with E-state index >= 15 is 0 Å². The van der Waals surface area contributed by atoms with Crippen LogP contribution in [0.1, 0.15) is 16.1 Å². The first-order valence-corrected chi connectivity index (χ1v) is 8.78. The molecule has 1 aromatic carbocycles. The van der Waals surface area contributed by atoms with E-state index in [1.54, 1.807) is 23.5 Å². The number of fused-ring (bicyclic) bond motifs is 1. The number of hydrogen-bond donors (Lipinski definition) is 0. The van der Waals surface area contributed by atoms with Gasteiger partial charge in [0.2, 0.25) is 0 Å². The van der Waals surface area contributed by atoms with Crippen LogP contribution in [-0.4, -0.2) is 41.7 Å². The van der Waals surface area contributed by atoms with Gasteiger partial charge in [-0.05, 0) is 35.2 Å². The van der Waals surface area contributed by atoms with Crippen LogP contribution >= 0.6 is 11.3 Å². The van der Waals surface area contributed by atoms with Gasteiger partial charge in [0, 0.05) is 25.0 Å². The molecule has 4 rings (SSSR count). The number of amides is 1. The smallest absolute Gasteiger partial charge is 0.270 e. The van der Waals surface area contributed by atoms with Crippen LogP contribution in [0.2, 0.25) is 0 Å². The fourth-order valence-corrected chi connectivity index (χ4v) is 3.91. The number of nitrogens with zero attached hydrogens (tertiary/aromatic N) is 2. The van der Waals surface area contributed by atoms with Crippen molar-refractivity contribution in [1.82, 2.24) is 9.47 Å². The van der Waals surface area contributed by atoms with Crippen LogP contribution in [0.25, 0.3) is 10.2 Å². The summed E-state index contributed by atoms with van der Waals surface area (Å²) in [6.45, 7) is 2.95. The summed E-state index contributed by atoms with van der Waals surface area (Å²) in [7, 11) is 0. The molecule has 0 spiro atoms. The van der Waals surface area contributed by atoms with Gasteiger partial charge in [-0.3, -0.25) is 4.79 Å². The quantitative estimate of drug-likeness (QED) is 0.730. The Morgan fingerprint density at radius 2 is 1.92 bits per heavy atom. The molecule has 0 aliphatic carbocycles. The average molecular weight is 344 g/mol. The number of benzene rings is 1. The highest BCUT2D eigenvalue weighted by molar-refractivity contribution is 7.16. The topological polar surface area (TPSA) is 34.5 Å². The predicted molar refractivity (Wildman–Crippen MR) is 92.0 cm³/mol. The average Bonchev–Trinajstić information content (AvgIpc) is 3.19. The lowest BCUT2D eigenvalue weighted by atomic mass is 10.2. The van der Waals surface area contributed by atoms with Crippen LogP contribution in [0.4, 0.5) is 4.39 Å². The molecule has 0 saturated carbocycles. The molecule has 1 saturated heterocycles. The minimum atomic E-state index is -0.253. The zero-order valence-electron chi connectivity index (χ0n) is 13.1. The number of carbonyl (C=O) groups is 1. The van der Waals surface area contributed by atoms with E-state index in [2.05, 4.69) is 0 Å². The van der Waals surface area contributed by atoms with Crippen molar-refractivity contribution in [2.75, 3.05) is 26.3 Å². The standard InChI is InChI=1S/C18H17FN2O2S/c19-15-3-1-13(2-4-15)12-21-16(11-14-5-10-24-18(14)21)17(22)20-6-8-23-9-7-20/h1-5,10-11H,6-9,12H2. The van der Waals surface area contributed by atoms with Gasteiger partial charge in [0.25, 0.3) is 5.91 Å². The molecular formula is C18H17FN2O2S. The van der Waals surface area contributed by atoms with Crippen LogP contribution in [0, 0.1) is 5.82 Å². The summed E-state index contributed by atoms with van der Waals surface area (Å²) >= 11 is 1.61. The zero-order valence-corrected chi connectivity index (χ0v) is 13.9. The Bertz CT molecular complexity index is 863. The highest BCUT2D eigenvalue weighted by Gasteiger charge is 2.23. The van der Waals surface area contributed by atoms with E-state index in [1.165, 1.54) is 12.1 Å². The molecule has 0 radical (unpaired) electrons. The van der Waals surface area contributed by atoms with Crippen molar-refractivity contribution < 1.29 is 13.9 Å². The lowest BCUT2D eigenvalue weighted by Crippen LogP contribution is -2.41. The summed E-state index contributed by atoms with van der Waals surface area (Å²) in [5, 5.41) is 3.09. The molecule has 3 aromatic rings. The molecule has 1 aliphatic heterocycles. The molecule has 6 heteroatoms. The molecule has 1 fully saturated rings. The molecule has 0 atom stereocenters. The first kappa shape index (κ1) is 15.4. The largest absolute Gasteiger partial charge is 0.378 e. The van der Waals surface area contributed by atoms with Crippen molar-refractivity contribution in [2.45, 2.75) is 6.54 Å². The normalized spacial score (nSPS) is 15.1. The zero-order chi connectivity index (χ0) is 16.5. The molecule has 24 heavy (non-hydrogen) atoms. The van der Waals surface area contributed by atoms with Crippen molar-refractivity contribution in [3.8, 4) is 0 Å². The second-order valence-corrected chi connectivity index (χ2v) is 6.72. The van der Waals surface area contributed by atoms with Crippen molar-refractivity contribution in [2.24, 2.45) is 0 Å². The minimum absolute atomic E-state index is 0.0313. The van der Waals surface area contributed by atoms with Gasteiger partial charge in [0.15, 0.2) is 0 Å². The number of rotatable bonds is 3. The van der Waals surface area contributed by atoms with E-state index in [0.717, 1.165) is 15.8 Å². The molecule has 4 nitrogen and oxygen atoms in total. The number of ether oxygens (including phenoxy) is 1. The number of halogens is 1. The highest BCUT2D eigenvalue weighted by atomic mass is 32.1. The van der Waals surface area contributed by atoms with Gasteiger partial charge < -0.3 is 14.2 Å². The van der Waals surface area contributed by atoms with Crippen LogP contribution in [0.5, 0.6) is 0 Å². The third-order valence-electron chi connectivity index (χ3n) is 4.27. The van der Waals surface area contributed by atoms with E-state index in [0.29, 0.717) is 38.5 Å². The SMILES string of the molecule is O=C(c1cc2ccsc2n1Cc1ccc(F)cc1)N1CCOCC1. The lowest BCUT2D eigenvalue weighted by Gasteiger charge is -2.27. The van der Waals surface area contributed by atoms with Gasteiger partial charge in [-0.1, -0.05) is 12.1 Å². The van der Waals surface area contributed by atoms with Crippen LogP contribution in [-0.2, 0) is 11.3 Å². The number of aromatic nitrogens is 1. The Morgan fingerprint density at radius 3 is 2.67 bits per heavy atom. The summed E-state index contributed by atoms with van der Waals surface area (Å²) in [6.07, 6.45) is 0. The molecular weight excluding hydrogens is 327 g/mol. The van der Waals surface area contributed by atoms with E-state index in [1.807, 2.05) is 27.0 Å². The minimum Gasteiger partial charge on any atom is -0.378 e. The third kappa shape index (κ3) is 2.83. The number of morpholine rings is 1. The highest BCUT2D eigenvalue weighted by Crippen LogP contribution is 2.27. The van der Waals surface area contributed by atoms with Gasteiger partial charge in [0.05, 0.1) is 13.2 Å². The van der Waals surface area contributed by atoms with E-state index in [9.17, 15) is 9.18 Å². The molecule has 3 heterocycles. The third-order valence-corrected chi connectivity index (χ3v) is 5.23. The van der Waals surface area contributed by atoms with E-state index in [4.69, 9.17) is 4.74 Å². The molecule has 1 amide bonds. The van der Waals surface area contributed by atoms with Crippen molar-refractivity contribution in [3.05, 3.63) is 58.9 Å². The predicted octanol–water partition coefficient (Wildman–Crippen LogP) is 3.36. The second-order valence-electron chi connectivity index (χ2n) is 5.83.